The Balaban J connectivity index is 0.784. The first kappa shape index (κ1) is 61.1. The van der Waals surface area contributed by atoms with E-state index in [9.17, 15) is 73.2 Å². The van der Waals surface area contributed by atoms with Crippen LogP contribution in [-0.2, 0) is 50.7 Å². The van der Waals surface area contributed by atoms with Crippen LogP contribution in [0.15, 0.2) is 12.7 Å². The first-order valence-corrected chi connectivity index (χ1v) is 30.8. The van der Waals surface area contributed by atoms with Crippen LogP contribution in [-0.4, -0.2) is 137 Å². The zero-order valence-electron chi connectivity index (χ0n) is 42.8. The molecule has 31 heteroatoms. The van der Waals surface area contributed by atoms with E-state index in [1.54, 1.807) is 0 Å². The number of amides is 2. The Labute approximate surface area is 443 Å². The van der Waals surface area contributed by atoms with Crippen molar-refractivity contribution in [2.24, 2.45) is 51.8 Å². The molecule has 430 valence electrons. The standard InChI is InChI=1S/C45H74N7O20P3S/c1-23(26-7-8-27-34-28(18-31(55)45(26,27)5)44(4)12-10-25(53)16-24(44)17-29(34)54)6-9-33(57)76-15-14-47-32(56)11-13-48-41(60)38(59)43(2,3)20-69-75(66,67)72-74(64,65)68-19-30-37(71-73(61,62)63)36(58)42(70-30)52-22-51-35-39(46)49-21-50-40(35)52/h21-31,34,36-38,42,53-55,58-59H,6-20H2,1-5H3,(H,47,56)(H,48,60)(H,64,65)(H,66,67)(H2,46,49,50)(H2,61,62,63)/p-4/t23-,24+,25-,26-,27+,28+,29-,30-,31?,34+,36-,37-,38+,42-,44+,45?/m1/s1. The van der Waals surface area contributed by atoms with E-state index < -0.39 is 96.8 Å². The van der Waals surface area contributed by atoms with E-state index in [1.807, 2.05) is 0 Å². The maximum Gasteiger partial charge on any atom is 0.274 e. The summed E-state index contributed by atoms with van der Waals surface area (Å²) in [7, 11) is -17.7. The fourth-order valence-electron chi connectivity index (χ4n) is 13.0. The molecule has 2 aromatic rings. The topological polar surface area (TPSA) is 436 Å². The minimum atomic E-state index is -5.95. The molecule has 9 N–H and O–H groups in total. The number of imidazole rings is 1. The number of hydrogen-bond donors (Lipinski definition) is 8. The van der Waals surface area contributed by atoms with Crippen LogP contribution in [0.2, 0.25) is 0 Å². The molecule has 0 aromatic carbocycles. The lowest BCUT2D eigenvalue weighted by Gasteiger charge is -2.63. The van der Waals surface area contributed by atoms with Crippen LogP contribution in [0.4, 0.5) is 5.82 Å². The number of hydrogen-bond acceptors (Lipinski definition) is 25. The molecular formula is C45H70N7O20P3S-4. The first-order chi connectivity index (χ1) is 35.4. The van der Waals surface area contributed by atoms with Crippen molar-refractivity contribution in [1.29, 1.82) is 0 Å². The van der Waals surface area contributed by atoms with E-state index in [0.29, 0.717) is 37.9 Å². The highest BCUT2D eigenvalue weighted by atomic mass is 32.2. The molecule has 5 fully saturated rings. The van der Waals surface area contributed by atoms with Gasteiger partial charge in [-0.25, -0.2) is 19.3 Å². The number of thioether (sulfide) groups is 1. The number of nitrogens with one attached hydrogen (secondary N) is 2. The van der Waals surface area contributed by atoms with Crippen molar-refractivity contribution in [2.75, 3.05) is 37.8 Å². The number of aliphatic hydroxyl groups excluding tert-OH is 5. The van der Waals surface area contributed by atoms with Crippen LogP contribution in [0.1, 0.15) is 105 Å². The molecule has 0 radical (unpaired) electrons. The predicted molar refractivity (Wildman–Crippen MR) is 261 cm³/mol. The van der Waals surface area contributed by atoms with E-state index >= 15 is 0 Å². The van der Waals surface area contributed by atoms with Crippen LogP contribution in [0.25, 0.3) is 11.2 Å². The Morgan fingerprint density at radius 3 is 2.38 bits per heavy atom. The van der Waals surface area contributed by atoms with Crippen molar-refractivity contribution in [3.05, 3.63) is 12.7 Å². The van der Waals surface area contributed by atoms with Gasteiger partial charge in [0.15, 0.2) is 22.8 Å². The summed E-state index contributed by atoms with van der Waals surface area (Å²) in [4.78, 5) is 98.3. The van der Waals surface area contributed by atoms with Crippen molar-refractivity contribution in [3.63, 3.8) is 0 Å². The van der Waals surface area contributed by atoms with Crippen LogP contribution < -0.4 is 35.9 Å². The van der Waals surface area contributed by atoms with Crippen LogP contribution in [0.5, 0.6) is 0 Å². The monoisotopic (exact) mass is 1150 g/mol. The predicted octanol–water partition coefficient (Wildman–Crippen LogP) is -0.486. The summed E-state index contributed by atoms with van der Waals surface area (Å²) < 4.78 is 61.1. The number of aromatic nitrogens is 4. The summed E-state index contributed by atoms with van der Waals surface area (Å²) in [6, 6.07) is 0. The molecule has 2 aromatic heterocycles. The van der Waals surface area contributed by atoms with Crippen LogP contribution in [0, 0.1) is 51.8 Å². The second-order valence-corrected chi connectivity index (χ2v) is 27.5. The molecule has 4 unspecified atom stereocenters. The number of anilines is 1. The van der Waals surface area contributed by atoms with Crippen LogP contribution in [0.3, 0.4) is 0 Å². The minimum absolute atomic E-state index is 0.0185. The second-order valence-electron chi connectivity index (χ2n) is 22.2. The molecule has 0 spiro atoms. The maximum absolute atomic E-state index is 13.0. The maximum atomic E-state index is 13.0. The molecule has 5 aliphatic rings. The molecule has 4 saturated carbocycles. The van der Waals surface area contributed by atoms with Crippen molar-refractivity contribution in [3.8, 4) is 0 Å². The van der Waals surface area contributed by atoms with Gasteiger partial charge in [-0.15, -0.1) is 0 Å². The Bertz CT molecular complexity index is 2560. The number of ether oxygens (including phenoxy) is 1. The molecule has 27 nitrogen and oxygen atoms in total. The van der Waals surface area contributed by atoms with Gasteiger partial charge in [0.05, 0.1) is 45.7 Å². The zero-order valence-corrected chi connectivity index (χ0v) is 46.3. The average Bonchev–Trinajstić information content (AvgIpc) is 4.03. The van der Waals surface area contributed by atoms with Crippen LogP contribution >= 0.6 is 35.2 Å². The summed E-state index contributed by atoms with van der Waals surface area (Å²) in [5.41, 5.74) is 3.66. The number of nitrogens with two attached hydrogens (primary N) is 1. The van der Waals surface area contributed by atoms with E-state index in [1.165, 1.54) is 13.8 Å². The lowest BCUT2D eigenvalue weighted by molar-refractivity contribution is -0.347. The Hall–Kier alpha value is -2.56. The lowest BCUT2D eigenvalue weighted by Crippen LogP contribution is -2.62. The average molecular weight is 1150 g/mol. The smallest absolute Gasteiger partial charge is 0.274 e. The molecule has 4 aliphatic carbocycles. The summed E-state index contributed by atoms with van der Waals surface area (Å²) in [6.45, 7) is 6.63. The van der Waals surface area contributed by atoms with E-state index in [4.69, 9.17) is 10.5 Å². The Morgan fingerprint density at radius 2 is 1.67 bits per heavy atom. The highest BCUT2D eigenvalue weighted by molar-refractivity contribution is 8.13. The molecule has 3 heterocycles. The number of rotatable bonds is 23. The van der Waals surface area contributed by atoms with Crippen molar-refractivity contribution in [1.82, 2.24) is 30.2 Å². The number of phosphoric ester groups is 3. The Morgan fingerprint density at radius 1 is 0.961 bits per heavy atom. The van der Waals surface area contributed by atoms with Gasteiger partial charge in [0.2, 0.25) is 11.8 Å². The van der Waals surface area contributed by atoms with Gasteiger partial charge in [0.1, 0.15) is 36.3 Å². The van der Waals surface area contributed by atoms with Crippen molar-refractivity contribution < 1.29 is 95.8 Å². The van der Waals surface area contributed by atoms with Gasteiger partial charge in [-0.3, -0.25) is 28.1 Å². The number of fused-ring (bicyclic) bond motifs is 6. The SMILES string of the molecule is C[C@H](CCC(=O)SCCNC(=O)CCNC(=O)[C@H](O)C(C)(C)COP(=O)([O-])OP(=O)([O-])OC[C@H]1O[C@@H](n2cnc3c(N)ncnc32)[C@H](O)[C@@H]1OP(=O)([O-])[O-])[C@H]1CC[C@H]2[C@@H]3[C@H](O)C[C@@H]4C[C@H](O)CC[C@]4(C)[C@H]3CC(O)C12C. The highest BCUT2D eigenvalue weighted by Gasteiger charge is 2.65. The number of aliphatic hydroxyl groups is 5. The molecule has 18 atom stereocenters. The largest absolute Gasteiger partial charge is 0.790 e. The van der Waals surface area contributed by atoms with Gasteiger partial charge in [-0.05, 0) is 97.7 Å². The number of carbonyl (C=O) groups is 3. The van der Waals surface area contributed by atoms with Gasteiger partial charge >= 0.3 is 0 Å². The zero-order chi connectivity index (χ0) is 55.9. The molecule has 0 bridgehead atoms. The fraction of sp³-hybridized carbons (Fsp3) is 0.822. The number of nitrogens with zero attached hydrogens (tertiary/aromatic N) is 4. The summed E-state index contributed by atoms with van der Waals surface area (Å²) in [6.07, 6.45) is -2.58. The summed E-state index contributed by atoms with van der Waals surface area (Å²) in [5, 5.41) is 60.4. The third-order valence-corrected chi connectivity index (χ3v) is 21.0. The number of nitrogen functional groups attached to an aromatic ring is 1. The highest BCUT2D eigenvalue weighted by Crippen LogP contribution is 2.68. The van der Waals surface area contributed by atoms with Gasteiger partial charge in [-0.1, -0.05) is 46.4 Å². The third-order valence-electron chi connectivity index (χ3n) is 17.1. The normalized spacial score (nSPS) is 35.0. The molecule has 76 heavy (non-hydrogen) atoms. The van der Waals surface area contributed by atoms with Gasteiger partial charge in [0, 0.05) is 37.1 Å². The molecule has 1 aliphatic heterocycles. The summed E-state index contributed by atoms with van der Waals surface area (Å²) >= 11 is 1.09. The number of carbonyl (C=O) groups excluding carboxylic acids is 3. The first-order valence-electron chi connectivity index (χ1n) is 25.4. The number of phosphoric acid groups is 3. The summed E-state index contributed by atoms with van der Waals surface area (Å²) in [5.74, 6) is -0.244. The van der Waals surface area contributed by atoms with Crippen molar-refractivity contribution in [2.45, 2.75) is 148 Å². The molecule has 1 saturated heterocycles. The van der Waals surface area contributed by atoms with Gasteiger partial charge in [0.25, 0.3) is 15.6 Å². The van der Waals surface area contributed by atoms with Gasteiger partial charge in [-0.2, -0.15) is 0 Å². The molecule has 7 rings (SSSR count). The van der Waals surface area contributed by atoms with E-state index in [-0.39, 0.29) is 94.0 Å². The fourth-order valence-corrected chi connectivity index (χ4v) is 16.5. The Kier molecular flexibility index (Phi) is 19.2. The third kappa shape index (κ3) is 13.6. The molecular weight excluding hydrogens is 1080 g/mol. The molecule has 2 amide bonds. The quantitative estimate of drug-likeness (QED) is 0.0514. The minimum Gasteiger partial charge on any atom is -0.790 e. The van der Waals surface area contributed by atoms with E-state index in [2.05, 4.69) is 64.2 Å². The lowest BCUT2D eigenvalue weighted by atomic mass is 9.43. The van der Waals surface area contributed by atoms with E-state index in [0.717, 1.165) is 54.7 Å². The van der Waals surface area contributed by atoms with Gasteiger partial charge < -0.3 is 84.3 Å². The van der Waals surface area contributed by atoms with Crippen molar-refractivity contribution >= 4 is 69.1 Å². The second kappa shape index (κ2) is 23.9.